The molecule has 0 radical (unpaired) electrons. The van der Waals surface area contributed by atoms with E-state index in [9.17, 15) is 4.79 Å². The van der Waals surface area contributed by atoms with Crippen LogP contribution in [-0.4, -0.2) is 23.7 Å². The monoisotopic (exact) mass is 342 g/mol. The minimum atomic E-state index is 0.0844. The van der Waals surface area contributed by atoms with E-state index in [1.165, 1.54) is 11.1 Å². The van der Waals surface area contributed by atoms with Crippen molar-refractivity contribution in [2.75, 3.05) is 17.7 Å². The average Bonchev–Trinajstić information content (AvgIpc) is 3.00. The van der Waals surface area contributed by atoms with Crippen LogP contribution >= 0.6 is 23.1 Å². The van der Waals surface area contributed by atoms with Crippen LogP contribution in [-0.2, 0) is 10.5 Å². The molecular formula is C18H18N2OS2. The maximum Gasteiger partial charge on any atom is 0.238 e. The summed E-state index contributed by atoms with van der Waals surface area (Å²) < 4.78 is 1.11. The van der Waals surface area contributed by atoms with E-state index >= 15 is 0 Å². The number of hydrogen-bond donors (Lipinski definition) is 0. The van der Waals surface area contributed by atoms with Gasteiger partial charge in [0.15, 0.2) is 5.13 Å². The number of amides is 1. The second kappa shape index (κ2) is 7.15. The number of aryl methyl sites for hydroxylation is 1. The van der Waals surface area contributed by atoms with Crippen LogP contribution in [0.1, 0.15) is 11.1 Å². The molecule has 0 aliphatic heterocycles. The molecule has 0 saturated carbocycles. The van der Waals surface area contributed by atoms with Crippen LogP contribution in [0.2, 0.25) is 0 Å². The van der Waals surface area contributed by atoms with Crippen molar-refractivity contribution in [1.29, 1.82) is 0 Å². The number of fused-ring (bicyclic) bond motifs is 1. The predicted octanol–water partition coefficient (Wildman–Crippen LogP) is 4.50. The molecule has 0 atom stereocenters. The Balaban J connectivity index is 1.57. The van der Waals surface area contributed by atoms with Gasteiger partial charge in [0, 0.05) is 12.8 Å². The van der Waals surface area contributed by atoms with Crippen molar-refractivity contribution in [3.63, 3.8) is 0 Å². The van der Waals surface area contributed by atoms with Crippen LogP contribution in [0.5, 0.6) is 0 Å². The van der Waals surface area contributed by atoms with Crippen LogP contribution in [0.25, 0.3) is 10.2 Å². The van der Waals surface area contributed by atoms with E-state index in [1.54, 1.807) is 35.0 Å². The van der Waals surface area contributed by atoms with Gasteiger partial charge >= 0.3 is 0 Å². The Morgan fingerprint density at radius 2 is 1.91 bits per heavy atom. The maximum absolute atomic E-state index is 12.3. The summed E-state index contributed by atoms with van der Waals surface area (Å²) in [4.78, 5) is 18.5. The molecule has 0 spiro atoms. The first-order valence-corrected chi connectivity index (χ1v) is 9.36. The molecule has 0 N–H and O–H groups in total. The van der Waals surface area contributed by atoms with E-state index in [1.807, 2.05) is 24.3 Å². The molecule has 3 nitrogen and oxygen atoms in total. The summed E-state index contributed by atoms with van der Waals surface area (Å²) in [5.41, 5.74) is 3.45. The number of hydrogen-bond acceptors (Lipinski definition) is 4. The first-order chi connectivity index (χ1) is 11.1. The number of nitrogens with zero attached hydrogens (tertiary/aromatic N) is 2. The molecule has 3 rings (SSSR count). The second-order valence-electron chi connectivity index (χ2n) is 5.40. The maximum atomic E-state index is 12.3. The lowest BCUT2D eigenvalue weighted by Gasteiger charge is -2.13. The van der Waals surface area contributed by atoms with Crippen molar-refractivity contribution in [3.8, 4) is 0 Å². The van der Waals surface area contributed by atoms with Gasteiger partial charge in [-0.3, -0.25) is 9.69 Å². The second-order valence-corrected chi connectivity index (χ2v) is 7.39. The van der Waals surface area contributed by atoms with Crippen molar-refractivity contribution in [3.05, 3.63) is 59.7 Å². The van der Waals surface area contributed by atoms with Gasteiger partial charge in [-0.05, 0) is 24.6 Å². The van der Waals surface area contributed by atoms with Crippen molar-refractivity contribution in [2.45, 2.75) is 12.7 Å². The van der Waals surface area contributed by atoms with E-state index in [0.29, 0.717) is 5.75 Å². The van der Waals surface area contributed by atoms with Crippen molar-refractivity contribution >= 4 is 44.4 Å². The number of benzene rings is 2. The Labute approximate surface area is 144 Å². The molecule has 1 amide bonds. The fraction of sp³-hybridized carbons (Fsp3) is 0.222. The SMILES string of the molecule is Cc1ccc(CSCC(=O)N(C)c2nc3ccccc3s2)cc1. The summed E-state index contributed by atoms with van der Waals surface area (Å²) in [7, 11) is 1.80. The fourth-order valence-corrected chi connectivity index (χ4v) is 3.99. The third-order valence-electron chi connectivity index (χ3n) is 3.56. The lowest BCUT2D eigenvalue weighted by Crippen LogP contribution is -2.27. The highest BCUT2D eigenvalue weighted by molar-refractivity contribution is 7.99. The average molecular weight is 342 g/mol. The Hall–Kier alpha value is -1.85. The van der Waals surface area contributed by atoms with Gasteiger partial charge in [0.05, 0.1) is 16.0 Å². The molecule has 23 heavy (non-hydrogen) atoms. The lowest BCUT2D eigenvalue weighted by molar-refractivity contribution is -0.115. The molecule has 3 aromatic rings. The van der Waals surface area contributed by atoms with E-state index in [-0.39, 0.29) is 5.91 Å². The number of carbonyl (C=O) groups excluding carboxylic acids is 1. The van der Waals surface area contributed by atoms with Crippen LogP contribution in [0, 0.1) is 6.92 Å². The minimum absolute atomic E-state index is 0.0844. The van der Waals surface area contributed by atoms with E-state index in [4.69, 9.17) is 0 Å². The summed E-state index contributed by atoms with van der Waals surface area (Å²) in [5.74, 6) is 1.39. The molecule has 1 aromatic heterocycles. The zero-order valence-corrected chi connectivity index (χ0v) is 14.8. The number of aromatic nitrogens is 1. The molecule has 0 fully saturated rings. The van der Waals surface area contributed by atoms with E-state index in [2.05, 4.69) is 36.2 Å². The Kier molecular flexibility index (Phi) is 4.98. The number of anilines is 1. The van der Waals surface area contributed by atoms with E-state index < -0.39 is 0 Å². The summed E-state index contributed by atoms with van der Waals surface area (Å²) >= 11 is 3.19. The largest absolute Gasteiger partial charge is 0.291 e. The molecule has 5 heteroatoms. The topological polar surface area (TPSA) is 33.2 Å². The van der Waals surface area contributed by atoms with E-state index in [0.717, 1.165) is 21.1 Å². The van der Waals surface area contributed by atoms with Gasteiger partial charge in [-0.15, -0.1) is 11.8 Å². The van der Waals surface area contributed by atoms with Gasteiger partial charge in [0.25, 0.3) is 0 Å². The first kappa shape index (κ1) is 16.0. The van der Waals surface area contributed by atoms with Gasteiger partial charge in [0.1, 0.15) is 0 Å². The molecule has 2 aromatic carbocycles. The van der Waals surface area contributed by atoms with Crippen LogP contribution in [0.4, 0.5) is 5.13 Å². The summed E-state index contributed by atoms with van der Waals surface area (Å²) in [5, 5.41) is 0.757. The van der Waals surface area contributed by atoms with Crippen molar-refractivity contribution in [2.24, 2.45) is 0 Å². The lowest BCUT2D eigenvalue weighted by atomic mass is 10.2. The first-order valence-electron chi connectivity index (χ1n) is 7.39. The Morgan fingerprint density at radius 1 is 1.17 bits per heavy atom. The highest BCUT2D eigenvalue weighted by Gasteiger charge is 2.15. The zero-order chi connectivity index (χ0) is 16.2. The molecule has 0 bridgehead atoms. The third-order valence-corrected chi connectivity index (χ3v) is 5.66. The van der Waals surface area contributed by atoms with Crippen molar-refractivity contribution in [1.82, 2.24) is 4.98 Å². The molecule has 0 aliphatic rings. The molecule has 1 heterocycles. The van der Waals surface area contributed by atoms with Crippen molar-refractivity contribution < 1.29 is 4.79 Å². The van der Waals surface area contributed by atoms with Gasteiger partial charge in [-0.1, -0.05) is 53.3 Å². The highest BCUT2D eigenvalue weighted by Crippen LogP contribution is 2.28. The van der Waals surface area contributed by atoms with Gasteiger partial charge < -0.3 is 0 Å². The minimum Gasteiger partial charge on any atom is -0.291 e. The molecule has 118 valence electrons. The van der Waals surface area contributed by atoms with Gasteiger partial charge in [-0.2, -0.15) is 0 Å². The molecule has 0 unspecified atom stereocenters. The number of carbonyl (C=O) groups is 1. The van der Waals surface area contributed by atoms with Gasteiger partial charge in [0.2, 0.25) is 5.91 Å². The fourth-order valence-electron chi connectivity index (χ4n) is 2.15. The normalized spacial score (nSPS) is 10.9. The predicted molar refractivity (Wildman–Crippen MR) is 100 cm³/mol. The van der Waals surface area contributed by atoms with Crippen LogP contribution in [0.15, 0.2) is 48.5 Å². The number of thioether (sulfide) groups is 1. The molecule has 0 saturated heterocycles. The Morgan fingerprint density at radius 3 is 2.65 bits per heavy atom. The highest BCUT2D eigenvalue weighted by atomic mass is 32.2. The summed E-state index contributed by atoms with van der Waals surface area (Å²) in [6.45, 7) is 2.08. The zero-order valence-electron chi connectivity index (χ0n) is 13.2. The standard InChI is InChI=1S/C18H18N2OS2/c1-13-7-9-14(10-8-13)11-22-12-17(21)20(2)18-19-15-5-3-4-6-16(15)23-18/h3-10H,11-12H2,1-2H3. The Bertz CT molecular complexity index is 778. The quantitative estimate of drug-likeness (QED) is 0.684. The van der Waals surface area contributed by atoms with Gasteiger partial charge in [-0.25, -0.2) is 4.98 Å². The van der Waals surface area contributed by atoms with Crippen LogP contribution < -0.4 is 4.90 Å². The number of rotatable bonds is 5. The molecule has 0 aliphatic carbocycles. The summed E-state index contributed by atoms with van der Waals surface area (Å²) in [6, 6.07) is 16.4. The number of para-hydroxylation sites is 1. The molecular weight excluding hydrogens is 324 g/mol. The third kappa shape index (κ3) is 3.92. The number of thiazole rings is 1. The summed E-state index contributed by atoms with van der Waals surface area (Å²) in [6.07, 6.45) is 0. The smallest absolute Gasteiger partial charge is 0.238 e. The van der Waals surface area contributed by atoms with Crippen LogP contribution in [0.3, 0.4) is 0 Å².